The SMILES string of the molecule is OCc1cccc(NCc2cc3ccccc3o2)c1. The van der Waals surface area contributed by atoms with Crippen LogP contribution in [0.3, 0.4) is 0 Å². The summed E-state index contributed by atoms with van der Waals surface area (Å²) in [4.78, 5) is 0. The minimum Gasteiger partial charge on any atom is -0.459 e. The number of rotatable bonds is 4. The van der Waals surface area contributed by atoms with Gasteiger partial charge in [0.15, 0.2) is 0 Å². The van der Waals surface area contributed by atoms with Crippen molar-refractivity contribution in [1.82, 2.24) is 0 Å². The van der Waals surface area contributed by atoms with Gasteiger partial charge in [-0.05, 0) is 29.8 Å². The Morgan fingerprint density at radius 1 is 1.00 bits per heavy atom. The minimum absolute atomic E-state index is 0.0557. The van der Waals surface area contributed by atoms with Gasteiger partial charge in [-0.3, -0.25) is 0 Å². The van der Waals surface area contributed by atoms with Crippen LogP contribution in [0.1, 0.15) is 11.3 Å². The smallest absolute Gasteiger partial charge is 0.134 e. The minimum atomic E-state index is 0.0557. The zero-order valence-corrected chi connectivity index (χ0v) is 10.5. The zero-order chi connectivity index (χ0) is 13.1. The number of aliphatic hydroxyl groups excluding tert-OH is 1. The van der Waals surface area contributed by atoms with Gasteiger partial charge in [0.1, 0.15) is 11.3 Å². The Labute approximate surface area is 111 Å². The molecule has 0 spiro atoms. The van der Waals surface area contributed by atoms with E-state index in [2.05, 4.69) is 5.32 Å². The van der Waals surface area contributed by atoms with E-state index < -0.39 is 0 Å². The molecule has 1 heterocycles. The predicted molar refractivity (Wildman–Crippen MR) is 75.9 cm³/mol. The quantitative estimate of drug-likeness (QED) is 0.747. The number of hydrogen-bond acceptors (Lipinski definition) is 3. The summed E-state index contributed by atoms with van der Waals surface area (Å²) in [6, 6.07) is 17.7. The third-order valence-electron chi connectivity index (χ3n) is 3.05. The summed E-state index contributed by atoms with van der Waals surface area (Å²) in [5.41, 5.74) is 2.78. The van der Waals surface area contributed by atoms with E-state index in [0.717, 1.165) is 28.0 Å². The molecule has 0 aliphatic heterocycles. The van der Waals surface area contributed by atoms with E-state index in [4.69, 9.17) is 9.52 Å². The van der Waals surface area contributed by atoms with E-state index in [0.29, 0.717) is 6.54 Å². The Kier molecular flexibility index (Phi) is 3.21. The van der Waals surface area contributed by atoms with E-state index in [-0.39, 0.29) is 6.61 Å². The van der Waals surface area contributed by atoms with Crippen LogP contribution in [-0.2, 0) is 13.2 Å². The second-order valence-electron chi connectivity index (χ2n) is 4.46. The number of fused-ring (bicyclic) bond motifs is 1. The molecule has 0 aliphatic rings. The molecule has 0 saturated heterocycles. The number of nitrogens with one attached hydrogen (secondary N) is 1. The van der Waals surface area contributed by atoms with Gasteiger partial charge in [0.05, 0.1) is 13.2 Å². The highest BCUT2D eigenvalue weighted by Crippen LogP contribution is 2.20. The first-order chi connectivity index (χ1) is 9.35. The standard InChI is InChI=1S/C16H15NO2/c18-11-12-4-3-6-14(8-12)17-10-15-9-13-5-1-2-7-16(13)19-15/h1-9,17-18H,10-11H2. The van der Waals surface area contributed by atoms with Crippen molar-refractivity contribution < 1.29 is 9.52 Å². The highest BCUT2D eigenvalue weighted by molar-refractivity contribution is 5.77. The molecule has 19 heavy (non-hydrogen) atoms. The predicted octanol–water partition coefficient (Wildman–Crippen LogP) is 3.54. The summed E-state index contributed by atoms with van der Waals surface area (Å²) in [6.45, 7) is 0.684. The normalized spacial score (nSPS) is 10.8. The van der Waals surface area contributed by atoms with Crippen LogP contribution >= 0.6 is 0 Å². The Hall–Kier alpha value is -2.26. The highest BCUT2D eigenvalue weighted by Gasteiger charge is 2.02. The maximum atomic E-state index is 9.10. The largest absolute Gasteiger partial charge is 0.459 e. The number of aliphatic hydroxyl groups is 1. The van der Waals surface area contributed by atoms with Gasteiger partial charge in [-0.25, -0.2) is 0 Å². The number of para-hydroxylation sites is 1. The van der Waals surface area contributed by atoms with Crippen LogP contribution in [-0.4, -0.2) is 5.11 Å². The van der Waals surface area contributed by atoms with Crippen molar-refractivity contribution in [2.45, 2.75) is 13.2 Å². The lowest BCUT2D eigenvalue weighted by atomic mass is 10.2. The Bertz CT molecular complexity index is 655. The fraction of sp³-hybridized carbons (Fsp3) is 0.125. The lowest BCUT2D eigenvalue weighted by molar-refractivity contribution is 0.282. The first kappa shape index (κ1) is 11.8. The number of benzene rings is 2. The molecule has 0 atom stereocenters. The van der Waals surface area contributed by atoms with Crippen molar-refractivity contribution in [3.63, 3.8) is 0 Å². The van der Waals surface area contributed by atoms with Gasteiger partial charge in [-0.2, -0.15) is 0 Å². The monoisotopic (exact) mass is 253 g/mol. The van der Waals surface area contributed by atoms with Crippen molar-refractivity contribution in [1.29, 1.82) is 0 Å². The topological polar surface area (TPSA) is 45.4 Å². The van der Waals surface area contributed by atoms with Crippen LogP contribution in [0.25, 0.3) is 11.0 Å². The Balaban J connectivity index is 1.74. The molecule has 3 nitrogen and oxygen atoms in total. The summed E-state index contributed by atoms with van der Waals surface area (Å²) < 4.78 is 5.73. The number of furan rings is 1. The second-order valence-corrected chi connectivity index (χ2v) is 4.46. The first-order valence-corrected chi connectivity index (χ1v) is 6.26. The molecule has 0 aliphatic carbocycles. The highest BCUT2D eigenvalue weighted by atomic mass is 16.3. The molecule has 3 heteroatoms. The molecule has 3 aromatic rings. The zero-order valence-electron chi connectivity index (χ0n) is 10.5. The maximum Gasteiger partial charge on any atom is 0.134 e. The van der Waals surface area contributed by atoms with Crippen LogP contribution in [0, 0.1) is 0 Å². The van der Waals surface area contributed by atoms with Gasteiger partial charge in [-0.15, -0.1) is 0 Å². The van der Waals surface area contributed by atoms with E-state index in [9.17, 15) is 0 Å². The van der Waals surface area contributed by atoms with Crippen molar-refractivity contribution in [2.75, 3.05) is 5.32 Å². The lowest BCUT2D eigenvalue weighted by Crippen LogP contribution is -1.98. The second kappa shape index (κ2) is 5.16. The summed E-state index contributed by atoms with van der Waals surface area (Å²) in [5, 5.41) is 13.5. The molecule has 96 valence electrons. The molecular formula is C16H15NO2. The van der Waals surface area contributed by atoms with Crippen LogP contribution in [0.15, 0.2) is 59.0 Å². The van der Waals surface area contributed by atoms with Gasteiger partial charge in [-0.1, -0.05) is 30.3 Å². The molecule has 0 radical (unpaired) electrons. The maximum absolute atomic E-state index is 9.10. The van der Waals surface area contributed by atoms with Crippen LogP contribution in [0.5, 0.6) is 0 Å². The molecule has 1 aromatic heterocycles. The molecule has 0 unspecified atom stereocenters. The summed E-state index contributed by atoms with van der Waals surface area (Å²) in [6.07, 6.45) is 0. The van der Waals surface area contributed by atoms with E-state index in [1.807, 2.05) is 54.6 Å². The van der Waals surface area contributed by atoms with Gasteiger partial charge >= 0.3 is 0 Å². The summed E-state index contributed by atoms with van der Waals surface area (Å²) >= 11 is 0. The van der Waals surface area contributed by atoms with Gasteiger partial charge in [0.2, 0.25) is 0 Å². The van der Waals surface area contributed by atoms with E-state index >= 15 is 0 Å². The molecule has 0 amide bonds. The van der Waals surface area contributed by atoms with Crippen molar-refractivity contribution >= 4 is 16.7 Å². The van der Waals surface area contributed by atoms with Gasteiger partial charge in [0, 0.05) is 11.1 Å². The lowest BCUT2D eigenvalue weighted by Gasteiger charge is -2.05. The van der Waals surface area contributed by atoms with Crippen molar-refractivity contribution in [2.24, 2.45) is 0 Å². The number of hydrogen-bond donors (Lipinski definition) is 2. The van der Waals surface area contributed by atoms with Crippen LogP contribution in [0.2, 0.25) is 0 Å². The molecule has 0 bridgehead atoms. The van der Waals surface area contributed by atoms with Gasteiger partial charge in [0.25, 0.3) is 0 Å². The molecule has 0 saturated carbocycles. The molecule has 2 aromatic carbocycles. The molecular weight excluding hydrogens is 238 g/mol. The summed E-state index contributed by atoms with van der Waals surface area (Å²) in [5.74, 6) is 0.899. The van der Waals surface area contributed by atoms with Crippen molar-refractivity contribution in [3.05, 3.63) is 65.9 Å². The average molecular weight is 253 g/mol. The summed E-state index contributed by atoms with van der Waals surface area (Å²) in [7, 11) is 0. The van der Waals surface area contributed by atoms with E-state index in [1.54, 1.807) is 0 Å². The van der Waals surface area contributed by atoms with Gasteiger partial charge < -0.3 is 14.8 Å². The third kappa shape index (κ3) is 2.61. The Morgan fingerprint density at radius 3 is 2.74 bits per heavy atom. The van der Waals surface area contributed by atoms with E-state index in [1.165, 1.54) is 0 Å². The fourth-order valence-corrected chi connectivity index (χ4v) is 2.09. The number of anilines is 1. The molecule has 2 N–H and O–H groups in total. The third-order valence-corrected chi connectivity index (χ3v) is 3.05. The molecule has 3 rings (SSSR count). The van der Waals surface area contributed by atoms with Crippen LogP contribution in [0.4, 0.5) is 5.69 Å². The first-order valence-electron chi connectivity index (χ1n) is 6.26. The average Bonchev–Trinajstić information content (AvgIpc) is 2.88. The fourth-order valence-electron chi connectivity index (χ4n) is 2.09. The Morgan fingerprint density at radius 2 is 1.89 bits per heavy atom. The van der Waals surface area contributed by atoms with Crippen molar-refractivity contribution in [3.8, 4) is 0 Å². The molecule has 0 fully saturated rings. The van der Waals surface area contributed by atoms with Crippen LogP contribution < -0.4 is 5.32 Å².